The third-order valence-corrected chi connectivity index (χ3v) is 6.45. The molecule has 1 saturated heterocycles. The molecule has 1 aromatic carbocycles. The lowest BCUT2D eigenvalue weighted by molar-refractivity contribution is -0.0552. The molecule has 1 aromatic rings. The van der Waals surface area contributed by atoms with Crippen LogP contribution < -0.4 is 9.47 Å². The highest BCUT2D eigenvalue weighted by atomic mass is 31.2. The molecule has 2 N–H and O–H groups in total. The number of ether oxygens (including phenoxy) is 4. The third kappa shape index (κ3) is 7.43. The summed E-state index contributed by atoms with van der Waals surface area (Å²) < 4.78 is 37.7. The van der Waals surface area contributed by atoms with Crippen molar-refractivity contribution in [2.75, 3.05) is 40.7 Å². The Morgan fingerprint density at radius 3 is 2.58 bits per heavy atom. The lowest BCUT2D eigenvalue weighted by atomic mass is 9.91. The number of hydrogen-bond donors (Lipinski definition) is 2. The van der Waals surface area contributed by atoms with Gasteiger partial charge in [0, 0.05) is 19.1 Å². The molecule has 3 rings (SSSR count). The summed E-state index contributed by atoms with van der Waals surface area (Å²) in [5.41, 5.74) is 1.14. The van der Waals surface area contributed by atoms with E-state index < -0.39 is 14.6 Å². The van der Waals surface area contributed by atoms with Gasteiger partial charge in [-0.3, -0.25) is 9.42 Å². The zero-order valence-electron chi connectivity index (χ0n) is 18.3. The van der Waals surface area contributed by atoms with Crippen LogP contribution in [-0.2, 0) is 25.0 Å². The first-order valence-corrected chi connectivity index (χ1v) is 12.3. The van der Waals surface area contributed by atoms with Crippen molar-refractivity contribution >= 4 is 7.82 Å². The van der Waals surface area contributed by atoms with Crippen LogP contribution in [0.4, 0.5) is 0 Å². The number of rotatable bonds is 11. The van der Waals surface area contributed by atoms with E-state index in [4.69, 9.17) is 28.7 Å². The van der Waals surface area contributed by atoms with E-state index in [9.17, 15) is 4.57 Å². The summed E-state index contributed by atoms with van der Waals surface area (Å²) in [6, 6.07) is 6.28. The Bertz CT molecular complexity index is 742. The average molecular weight is 459 g/mol. The third-order valence-electron chi connectivity index (χ3n) is 6.01. The molecule has 1 aliphatic carbocycles. The molecule has 1 aliphatic heterocycles. The molecular weight excluding hydrogens is 425 g/mol. The van der Waals surface area contributed by atoms with Gasteiger partial charge in [-0.1, -0.05) is 18.9 Å². The quantitative estimate of drug-likeness (QED) is 0.382. The van der Waals surface area contributed by atoms with Gasteiger partial charge in [0.2, 0.25) is 0 Å². The van der Waals surface area contributed by atoms with Crippen LogP contribution in [0.5, 0.6) is 11.5 Å². The van der Waals surface area contributed by atoms with Gasteiger partial charge in [-0.05, 0) is 43.4 Å². The Morgan fingerprint density at radius 2 is 1.84 bits per heavy atom. The van der Waals surface area contributed by atoms with E-state index in [-0.39, 0.29) is 12.2 Å². The van der Waals surface area contributed by atoms with Crippen molar-refractivity contribution in [2.24, 2.45) is 0 Å². The van der Waals surface area contributed by atoms with Crippen molar-refractivity contribution in [3.63, 3.8) is 0 Å². The largest absolute Gasteiger partial charge is 0.493 e. The van der Waals surface area contributed by atoms with Gasteiger partial charge in [0.25, 0.3) is 0 Å². The van der Waals surface area contributed by atoms with E-state index in [1.165, 1.54) is 12.8 Å². The molecule has 0 amide bonds. The summed E-state index contributed by atoms with van der Waals surface area (Å²) >= 11 is 0. The number of phosphoric ester groups is 1. The fourth-order valence-corrected chi connectivity index (χ4v) is 4.64. The van der Waals surface area contributed by atoms with Crippen LogP contribution in [-0.4, -0.2) is 73.6 Å². The second-order valence-corrected chi connectivity index (χ2v) is 9.25. The van der Waals surface area contributed by atoms with Crippen LogP contribution in [0.2, 0.25) is 0 Å². The molecule has 1 saturated carbocycles. The topological polar surface area (TPSA) is 107 Å². The zero-order chi connectivity index (χ0) is 22.3. The maximum atomic E-state index is 10.8. The molecule has 0 bridgehead atoms. The van der Waals surface area contributed by atoms with E-state index in [0.717, 1.165) is 55.8 Å². The van der Waals surface area contributed by atoms with Gasteiger partial charge in [0.1, 0.15) is 0 Å². The Hall–Kier alpha value is -1.19. The molecular formula is C21H34NO8P. The van der Waals surface area contributed by atoms with Gasteiger partial charge in [0.05, 0.1) is 33.0 Å². The molecule has 1 heterocycles. The Morgan fingerprint density at radius 1 is 1.06 bits per heavy atom. The lowest BCUT2D eigenvalue weighted by Crippen LogP contribution is -2.46. The van der Waals surface area contributed by atoms with Crippen LogP contribution in [0.1, 0.15) is 37.7 Å². The molecule has 2 fully saturated rings. The molecule has 0 aromatic heterocycles. The van der Waals surface area contributed by atoms with Gasteiger partial charge in [-0.25, -0.2) is 4.57 Å². The highest BCUT2D eigenvalue weighted by molar-refractivity contribution is 7.46. The van der Waals surface area contributed by atoms with Crippen LogP contribution in [0, 0.1) is 0 Å². The molecule has 9 nitrogen and oxygen atoms in total. The molecule has 176 valence electrons. The minimum atomic E-state index is -4.50. The summed E-state index contributed by atoms with van der Waals surface area (Å²) in [5, 5.41) is 0. The first kappa shape index (κ1) is 24.5. The Labute approximate surface area is 183 Å². The van der Waals surface area contributed by atoms with Crippen molar-refractivity contribution in [3.05, 3.63) is 23.8 Å². The van der Waals surface area contributed by atoms with Gasteiger partial charge in [-0.2, -0.15) is 0 Å². The van der Waals surface area contributed by atoms with E-state index in [1.54, 1.807) is 14.2 Å². The Balaban J connectivity index is 1.47. The first-order valence-electron chi connectivity index (χ1n) is 10.8. The molecule has 10 heteroatoms. The van der Waals surface area contributed by atoms with E-state index >= 15 is 0 Å². The van der Waals surface area contributed by atoms with E-state index in [1.807, 2.05) is 18.2 Å². The molecule has 0 radical (unpaired) electrons. The van der Waals surface area contributed by atoms with Crippen LogP contribution >= 0.6 is 7.82 Å². The lowest BCUT2D eigenvalue weighted by Gasteiger charge is -2.37. The minimum absolute atomic E-state index is 0.0825. The van der Waals surface area contributed by atoms with Crippen LogP contribution in [0.25, 0.3) is 0 Å². The maximum absolute atomic E-state index is 10.8. The summed E-state index contributed by atoms with van der Waals surface area (Å²) in [6.45, 7) is 1.87. The van der Waals surface area contributed by atoms with Crippen molar-refractivity contribution in [1.29, 1.82) is 0 Å². The fourth-order valence-electron chi connectivity index (χ4n) is 4.44. The number of likely N-dealkylation sites (tertiary alicyclic amines) is 1. The average Bonchev–Trinajstić information content (AvgIpc) is 3.21. The molecule has 0 unspecified atom stereocenters. The van der Waals surface area contributed by atoms with Crippen molar-refractivity contribution in [1.82, 2.24) is 4.90 Å². The van der Waals surface area contributed by atoms with Crippen molar-refractivity contribution in [3.8, 4) is 11.5 Å². The second-order valence-electron chi connectivity index (χ2n) is 8.01. The van der Waals surface area contributed by atoms with Gasteiger partial charge in [0.15, 0.2) is 18.3 Å². The molecule has 0 spiro atoms. The van der Waals surface area contributed by atoms with Gasteiger partial charge >= 0.3 is 7.82 Å². The predicted molar refractivity (Wildman–Crippen MR) is 114 cm³/mol. The molecule has 2 aliphatic rings. The number of phosphoric acid groups is 1. The maximum Gasteiger partial charge on any atom is 0.471 e. The SMILES string of the molecule is COc1ccc(CCO[C@H]2CCCC[C@H]2N2CC[C@H](OCOP(=O)(O)O)C2)cc1OC. The van der Waals surface area contributed by atoms with Gasteiger partial charge in [-0.15, -0.1) is 0 Å². The summed E-state index contributed by atoms with van der Waals surface area (Å²) in [4.78, 5) is 19.9. The summed E-state index contributed by atoms with van der Waals surface area (Å²) in [7, 11) is -1.23. The number of benzene rings is 1. The van der Waals surface area contributed by atoms with Crippen LogP contribution in [0.3, 0.4) is 0 Å². The first-order chi connectivity index (χ1) is 14.9. The standard InChI is InChI=1S/C21H34NO8P/c1-26-20-8-7-16(13-21(20)27-2)10-12-28-19-6-4-3-5-18(19)22-11-9-17(14-22)29-15-30-31(23,24)25/h7-8,13,17-19H,3-6,9-12,14-15H2,1-2H3,(H2,23,24,25)/t17-,18+,19-/m0/s1. The smallest absolute Gasteiger partial charge is 0.471 e. The number of hydrogen-bond acceptors (Lipinski definition) is 7. The van der Waals surface area contributed by atoms with Crippen molar-refractivity contribution in [2.45, 2.75) is 56.8 Å². The van der Waals surface area contributed by atoms with E-state index in [0.29, 0.717) is 12.6 Å². The van der Waals surface area contributed by atoms with E-state index in [2.05, 4.69) is 9.42 Å². The minimum Gasteiger partial charge on any atom is -0.493 e. The number of methoxy groups -OCH3 is 2. The fraction of sp³-hybridized carbons (Fsp3) is 0.714. The highest BCUT2D eigenvalue weighted by Crippen LogP contribution is 2.36. The number of nitrogens with zero attached hydrogens (tertiary/aromatic N) is 1. The highest BCUT2D eigenvalue weighted by Gasteiger charge is 2.35. The molecule has 31 heavy (non-hydrogen) atoms. The predicted octanol–water partition coefficient (Wildman–Crippen LogP) is 2.73. The second kappa shape index (κ2) is 11.6. The van der Waals surface area contributed by atoms with Crippen molar-refractivity contribution < 1.29 is 37.8 Å². The molecule has 3 atom stereocenters. The normalized spacial score (nSPS) is 25.0. The monoisotopic (exact) mass is 459 g/mol. The zero-order valence-corrected chi connectivity index (χ0v) is 19.2. The summed E-state index contributed by atoms with van der Waals surface area (Å²) in [6.07, 6.45) is 6.20. The van der Waals surface area contributed by atoms with Crippen LogP contribution in [0.15, 0.2) is 18.2 Å². The van der Waals surface area contributed by atoms with Gasteiger partial charge < -0.3 is 28.7 Å². The summed E-state index contributed by atoms with van der Waals surface area (Å²) in [5.74, 6) is 1.44. The Kier molecular flexibility index (Phi) is 9.16.